The monoisotopic (exact) mass is 277 g/mol. The van der Waals surface area contributed by atoms with E-state index in [9.17, 15) is 0 Å². The minimum Gasteiger partial charge on any atom is -0.388 e. The van der Waals surface area contributed by atoms with E-state index in [0.717, 1.165) is 12.1 Å². The summed E-state index contributed by atoms with van der Waals surface area (Å²) >= 11 is 6.71. The number of thiocarbonyl (C=S) groups is 1. The summed E-state index contributed by atoms with van der Waals surface area (Å²) in [5.74, 6) is 0. The minimum absolute atomic E-state index is 0.303. The molecule has 1 atom stereocenters. The maximum Gasteiger partial charge on any atom is 0.124 e. The lowest BCUT2D eigenvalue weighted by Gasteiger charge is -2.16. The largest absolute Gasteiger partial charge is 0.388 e. The van der Waals surface area contributed by atoms with E-state index in [1.54, 1.807) is 17.5 Å². The fourth-order valence-electron chi connectivity index (χ4n) is 1.80. The first-order chi connectivity index (χ1) is 8.66. The molecule has 0 aliphatic heterocycles. The molecule has 0 amide bonds. The molecule has 3 N–H and O–H groups in total. The Balaban J connectivity index is 2.07. The molecule has 2 heterocycles. The summed E-state index contributed by atoms with van der Waals surface area (Å²) in [4.78, 5) is 4.52. The van der Waals surface area contributed by atoms with Crippen molar-refractivity contribution in [2.45, 2.75) is 19.4 Å². The van der Waals surface area contributed by atoms with Crippen LogP contribution >= 0.6 is 23.6 Å². The molecule has 5 heteroatoms. The highest BCUT2D eigenvalue weighted by Gasteiger charge is 2.09. The van der Waals surface area contributed by atoms with Gasteiger partial charge in [-0.1, -0.05) is 12.2 Å². The van der Waals surface area contributed by atoms with Crippen LogP contribution in [-0.2, 0) is 6.42 Å². The first-order valence-electron chi connectivity index (χ1n) is 5.69. The molecule has 1 unspecified atom stereocenters. The smallest absolute Gasteiger partial charge is 0.124 e. The van der Waals surface area contributed by atoms with Crippen molar-refractivity contribution >= 4 is 34.2 Å². The van der Waals surface area contributed by atoms with Crippen molar-refractivity contribution in [3.8, 4) is 0 Å². The summed E-state index contributed by atoms with van der Waals surface area (Å²) in [6.45, 7) is 2.13. The zero-order valence-corrected chi connectivity index (χ0v) is 11.7. The summed E-state index contributed by atoms with van der Waals surface area (Å²) in [6.07, 6.45) is 2.67. The van der Waals surface area contributed by atoms with E-state index in [0.29, 0.717) is 16.7 Å². The SMILES string of the molecule is CC(Cc1ccsc1)Nc1cccnc1C(N)=S. The molecule has 0 aliphatic rings. The quantitative estimate of drug-likeness (QED) is 0.825. The number of pyridine rings is 1. The highest BCUT2D eigenvalue weighted by molar-refractivity contribution is 7.80. The number of thiophene rings is 1. The van der Waals surface area contributed by atoms with Gasteiger partial charge in [-0.25, -0.2) is 0 Å². The predicted molar refractivity (Wildman–Crippen MR) is 81.2 cm³/mol. The molecule has 0 radical (unpaired) electrons. The van der Waals surface area contributed by atoms with Crippen molar-refractivity contribution in [1.82, 2.24) is 4.98 Å². The van der Waals surface area contributed by atoms with Gasteiger partial charge in [-0.3, -0.25) is 4.98 Å². The Morgan fingerprint density at radius 2 is 2.39 bits per heavy atom. The van der Waals surface area contributed by atoms with Crippen LogP contribution in [0.2, 0.25) is 0 Å². The molecular formula is C13H15N3S2. The molecular weight excluding hydrogens is 262 g/mol. The van der Waals surface area contributed by atoms with E-state index in [1.807, 2.05) is 12.1 Å². The summed E-state index contributed by atoms with van der Waals surface area (Å²) in [6, 6.07) is 6.27. The molecule has 2 aromatic heterocycles. The lowest BCUT2D eigenvalue weighted by molar-refractivity contribution is 0.791. The Morgan fingerprint density at radius 3 is 3.06 bits per heavy atom. The molecule has 3 nitrogen and oxygen atoms in total. The van der Waals surface area contributed by atoms with Crippen molar-refractivity contribution < 1.29 is 0 Å². The third-order valence-electron chi connectivity index (χ3n) is 2.56. The maximum absolute atomic E-state index is 5.66. The van der Waals surface area contributed by atoms with Crippen LogP contribution in [0.25, 0.3) is 0 Å². The predicted octanol–water partition coefficient (Wildman–Crippen LogP) is 2.82. The second-order valence-corrected chi connectivity index (χ2v) is 5.36. The molecule has 0 aliphatic carbocycles. The van der Waals surface area contributed by atoms with Gasteiger partial charge in [0, 0.05) is 12.2 Å². The maximum atomic E-state index is 5.66. The standard InChI is InChI=1S/C13H15N3S2/c1-9(7-10-4-6-18-8-10)16-11-3-2-5-15-12(11)13(14)17/h2-6,8-9,16H,7H2,1H3,(H2,14,17). The second kappa shape index (κ2) is 5.93. The summed E-state index contributed by atoms with van der Waals surface area (Å²) in [5.41, 5.74) is 8.54. The summed E-state index contributed by atoms with van der Waals surface area (Å²) in [5, 5.41) is 7.66. The number of anilines is 1. The molecule has 0 bridgehead atoms. The highest BCUT2D eigenvalue weighted by atomic mass is 32.1. The molecule has 18 heavy (non-hydrogen) atoms. The van der Waals surface area contributed by atoms with Gasteiger partial charge >= 0.3 is 0 Å². The van der Waals surface area contributed by atoms with Crippen molar-refractivity contribution in [2.75, 3.05) is 5.32 Å². The van der Waals surface area contributed by atoms with Gasteiger partial charge in [0.1, 0.15) is 10.7 Å². The molecule has 2 aromatic rings. The third-order valence-corrected chi connectivity index (χ3v) is 3.49. The van der Waals surface area contributed by atoms with Gasteiger partial charge in [0.15, 0.2) is 0 Å². The van der Waals surface area contributed by atoms with Gasteiger partial charge in [-0.2, -0.15) is 11.3 Å². The van der Waals surface area contributed by atoms with Crippen LogP contribution in [0.3, 0.4) is 0 Å². The first kappa shape index (κ1) is 13.0. The van der Waals surface area contributed by atoms with Gasteiger partial charge in [-0.15, -0.1) is 0 Å². The molecule has 0 aromatic carbocycles. The first-order valence-corrected chi connectivity index (χ1v) is 7.04. The van der Waals surface area contributed by atoms with Crippen molar-refractivity contribution in [2.24, 2.45) is 5.73 Å². The molecule has 2 rings (SSSR count). The highest BCUT2D eigenvalue weighted by Crippen LogP contribution is 2.16. The van der Waals surface area contributed by atoms with Crippen LogP contribution in [0, 0.1) is 0 Å². The number of nitrogens with zero attached hydrogens (tertiary/aromatic N) is 1. The normalized spacial score (nSPS) is 12.1. The number of rotatable bonds is 5. The Bertz CT molecular complexity index is 523. The topological polar surface area (TPSA) is 50.9 Å². The van der Waals surface area contributed by atoms with Crippen LogP contribution in [0.4, 0.5) is 5.69 Å². The zero-order chi connectivity index (χ0) is 13.0. The van der Waals surface area contributed by atoms with Crippen LogP contribution in [-0.4, -0.2) is 16.0 Å². The number of hydrogen-bond acceptors (Lipinski definition) is 4. The Morgan fingerprint density at radius 1 is 1.56 bits per heavy atom. The molecule has 0 saturated carbocycles. The minimum atomic E-state index is 0.303. The van der Waals surface area contributed by atoms with Crippen LogP contribution in [0.1, 0.15) is 18.2 Å². The third kappa shape index (κ3) is 3.27. The molecule has 94 valence electrons. The zero-order valence-electron chi connectivity index (χ0n) is 10.1. The fraction of sp³-hybridized carbons (Fsp3) is 0.231. The number of hydrogen-bond donors (Lipinski definition) is 2. The fourth-order valence-corrected chi connectivity index (χ4v) is 2.64. The number of nitrogens with two attached hydrogens (primary N) is 1. The average molecular weight is 277 g/mol. The van der Waals surface area contributed by atoms with E-state index in [2.05, 4.69) is 34.1 Å². The van der Waals surface area contributed by atoms with Crippen LogP contribution in [0.5, 0.6) is 0 Å². The Hall–Kier alpha value is -1.46. The van der Waals surface area contributed by atoms with E-state index in [1.165, 1.54) is 5.56 Å². The Labute approximate surface area is 116 Å². The van der Waals surface area contributed by atoms with Crippen LogP contribution in [0.15, 0.2) is 35.2 Å². The van der Waals surface area contributed by atoms with Crippen molar-refractivity contribution in [3.05, 3.63) is 46.4 Å². The average Bonchev–Trinajstić information content (AvgIpc) is 2.82. The molecule has 0 spiro atoms. The van der Waals surface area contributed by atoms with E-state index < -0.39 is 0 Å². The van der Waals surface area contributed by atoms with E-state index >= 15 is 0 Å². The van der Waals surface area contributed by atoms with Gasteiger partial charge in [0.25, 0.3) is 0 Å². The number of nitrogens with one attached hydrogen (secondary N) is 1. The van der Waals surface area contributed by atoms with Crippen molar-refractivity contribution in [3.63, 3.8) is 0 Å². The molecule has 0 saturated heterocycles. The summed E-state index contributed by atoms with van der Waals surface area (Å²) in [7, 11) is 0. The van der Waals surface area contributed by atoms with Crippen molar-refractivity contribution in [1.29, 1.82) is 0 Å². The van der Waals surface area contributed by atoms with Gasteiger partial charge in [0.2, 0.25) is 0 Å². The second-order valence-electron chi connectivity index (χ2n) is 4.14. The molecule has 0 fully saturated rings. The van der Waals surface area contributed by atoms with Crippen LogP contribution < -0.4 is 11.1 Å². The van der Waals surface area contributed by atoms with Gasteiger partial charge in [0.05, 0.1) is 5.69 Å². The summed E-state index contributed by atoms with van der Waals surface area (Å²) < 4.78 is 0. The van der Waals surface area contributed by atoms with Gasteiger partial charge in [-0.05, 0) is 47.9 Å². The van der Waals surface area contributed by atoms with Gasteiger partial charge < -0.3 is 11.1 Å². The van der Waals surface area contributed by atoms with E-state index in [4.69, 9.17) is 18.0 Å². The number of aromatic nitrogens is 1. The Kier molecular flexibility index (Phi) is 4.28. The lowest BCUT2D eigenvalue weighted by Crippen LogP contribution is -2.22. The lowest BCUT2D eigenvalue weighted by atomic mass is 10.1. The van der Waals surface area contributed by atoms with E-state index in [-0.39, 0.29) is 0 Å².